The van der Waals surface area contributed by atoms with Crippen LogP contribution in [0.5, 0.6) is 5.75 Å². The van der Waals surface area contributed by atoms with Gasteiger partial charge in [0.05, 0.1) is 23.1 Å². The van der Waals surface area contributed by atoms with Crippen LogP contribution >= 0.6 is 11.6 Å². The molecule has 0 saturated carbocycles. The van der Waals surface area contributed by atoms with Crippen molar-refractivity contribution in [3.8, 4) is 5.75 Å². The van der Waals surface area contributed by atoms with Gasteiger partial charge >= 0.3 is 0 Å². The fraction of sp³-hybridized carbons (Fsp3) is 0.0625. The molecule has 124 valence electrons. The van der Waals surface area contributed by atoms with Gasteiger partial charge in [-0.2, -0.15) is 0 Å². The van der Waals surface area contributed by atoms with E-state index in [2.05, 4.69) is 5.32 Å². The van der Waals surface area contributed by atoms with Crippen LogP contribution in [0.1, 0.15) is 5.56 Å². The molecule has 0 bridgehead atoms. The Morgan fingerprint density at radius 3 is 2.75 bits per heavy atom. The molecule has 0 aliphatic heterocycles. The predicted octanol–water partition coefficient (Wildman–Crippen LogP) is 4.05. The molecule has 0 aliphatic carbocycles. The number of nitro groups is 1. The van der Waals surface area contributed by atoms with Crippen molar-refractivity contribution >= 4 is 35.0 Å². The van der Waals surface area contributed by atoms with Crippen molar-refractivity contribution in [1.82, 2.24) is 0 Å². The fourth-order valence-corrected chi connectivity index (χ4v) is 2.12. The Morgan fingerprint density at radius 2 is 2.12 bits per heavy atom. The van der Waals surface area contributed by atoms with E-state index in [1.54, 1.807) is 0 Å². The number of methoxy groups -OCH3 is 1. The highest BCUT2D eigenvalue weighted by Crippen LogP contribution is 2.29. The SMILES string of the molecule is COc1ccc(NC(=O)C=Cc2c(F)cccc2Cl)c([N+](=O)[O-])c1. The molecule has 0 saturated heterocycles. The molecule has 0 spiro atoms. The maximum atomic E-state index is 13.6. The van der Waals surface area contributed by atoms with Crippen LogP contribution in [0.2, 0.25) is 5.02 Å². The number of halogens is 2. The van der Waals surface area contributed by atoms with Crippen LogP contribution < -0.4 is 10.1 Å². The number of nitrogens with one attached hydrogen (secondary N) is 1. The van der Waals surface area contributed by atoms with Gasteiger partial charge in [0, 0.05) is 11.6 Å². The summed E-state index contributed by atoms with van der Waals surface area (Å²) < 4.78 is 18.5. The zero-order valence-corrected chi connectivity index (χ0v) is 13.2. The van der Waals surface area contributed by atoms with Gasteiger partial charge in [-0.25, -0.2) is 4.39 Å². The van der Waals surface area contributed by atoms with Crippen molar-refractivity contribution in [1.29, 1.82) is 0 Å². The number of amides is 1. The predicted molar refractivity (Wildman–Crippen MR) is 88.7 cm³/mol. The van der Waals surface area contributed by atoms with E-state index >= 15 is 0 Å². The Morgan fingerprint density at radius 1 is 1.38 bits per heavy atom. The number of hydrogen-bond acceptors (Lipinski definition) is 4. The normalized spacial score (nSPS) is 10.6. The third-order valence-electron chi connectivity index (χ3n) is 3.06. The van der Waals surface area contributed by atoms with E-state index in [-0.39, 0.29) is 27.7 Å². The Hall–Kier alpha value is -2.93. The number of carbonyl (C=O) groups is 1. The summed E-state index contributed by atoms with van der Waals surface area (Å²) in [5.74, 6) is -0.960. The van der Waals surface area contributed by atoms with Gasteiger partial charge in [-0.3, -0.25) is 14.9 Å². The molecular formula is C16H12ClFN2O4. The zero-order valence-electron chi connectivity index (χ0n) is 12.5. The maximum absolute atomic E-state index is 13.6. The summed E-state index contributed by atoms with van der Waals surface area (Å²) in [4.78, 5) is 22.3. The van der Waals surface area contributed by atoms with E-state index < -0.39 is 16.6 Å². The topological polar surface area (TPSA) is 81.5 Å². The van der Waals surface area contributed by atoms with Crippen molar-refractivity contribution in [2.75, 3.05) is 12.4 Å². The van der Waals surface area contributed by atoms with Gasteiger partial charge < -0.3 is 10.1 Å². The highest BCUT2D eigenvalue weighted by Gasteiger charge is 2.16. The molecule has 2 aromatic rings. The quantitative estimate of drug-likeness (QED) is 0.501. The second-order valence-electron chi connectivity index (χ2n) is 4.60. The van der Waals surface area contributed by atoms with Crippen LogP contribution in [0.4, 0.5) is 15.8 Å². The van der Waals surface area contributed by atoms with E-state index in [0.29, 0.717) is 0 Å². The highest BCUT2D eigenvalue weighted by atomic mass is 35.5. The molecule has 0 aromatic heterocycles. The van der Waals surface area contributed by atoms with Crippen molar-refractivity contribution in [3.63, 3.8) is 0 Å². The highest BCUT2D eigenvalue weighted by molar-refractivity contribution is 6.32. The first-order valence-electron chi connectivity index (χ1n) is 6.68. The van der Waals surface area contributed by atoms with Gasteiger partial charge in [-0.15, -0.1) is 0 Å². The Bertz CT molecular complexity index is 803. The summed E-state index contributed by atoms with van der Waals surface area (Å²) in [6.07, 6.45) is 2.24. The molecule has 2 rings (SSSR count). The Balaban J connectivity index is 2.21. The number of hydrogen-bond donors (Lipinski definition) is 1. The summed E-state index contributed by atoms with van der Waals surface area (Å²) in [5, 5.41) is 13.6. The van der Waals surface area contributed by atoms with Gasteiger partial charge in [-0.05, 0) is 30.3 Å². The van der Waals surface area contributed by atoms with E-state index in [1.165, 1.54) is 49.6 Å². The monoisotopic (exact) mass is 350 g/mol. The Labute approximate surface area is 141 Å². The summed E-state index contributed by atoms with van der Waals surface area (Å²) in [5.41, 5.74) is -0.270. The molecule has 0 unspecified atom stereocenters. The molecule has 8 heteroatoms. The molecule has 1 N–H and O–H groups in total. The first-order chi connectivity index (χ1) is 11.4. The molecule has 0 heterocycles. The second kappa shape index (κ2) is 7.56. The van der Waals surface area contributed by atoms with Crippen LogP contribution in [0.25, 0.3) is 6.08 Å². The number of ether oxygens (including phenoxy) is 1. The van der Waals surface area contributed by atoms with E-state index in [4.69, 9.17) is 16.3 Å². The molecule has 6 nitrogen and oxygen atoms in total. The van der Waals surface area contributed by atoms with E-state index in [1.807, 2.05) is 0 Å². The lowest BCUT2D eigenvalue weighted by Crippen LogP contribution is -2.09. The molecule has 0 radical (unpaired) electrons. The summed E-state index contributed by atoms with van der Waals surface area (Å²) in [6.45, 7) is 0. The van der Waals surface area contributed by atoms with Gasteiger partial charge in [0.15, 0.2) is 0 Å². The van der Waals surface area contributed by atoms with Crippen molar-refractivity contribution in [2.45, 2.75) is 0 Å². The van der Waals surface area contributed by atoms with Crippen LogP contribution in [0.3, 0.4) is 0 Å². The minimum absolute atomic E-state index is 0.00456. The Kier molecular flexibility index (Phi) is 5.49. The van der Waals surface area contributed by atoms with Crippen LogP contribution in [0.15, 0.2) is 42.5 Å². The fourth-order valence-electron chi connectivity index (χ4n) is 1.90. The molecule has 0 atom stereocenters. The third kappa shape index (κ3) is 4.08. The second-order valence-corrected chi connectivity index (χ2v) is 5.01. The largest absolute Gasteiger partial charge is 0.496 e. The molecule has 2 aromatic carbocycles. The number of benzene rings is 2. The number of nitrogens with zero attached hydrogens (tertiary/aromatic N) is 1. The number of rotatable bonds is 5. The smallest absolute Gasteiger partial charge is 0.296 e. The lowest BCUT2D eigenvalue weighted by atomic mass is 10.2. The number of anilines is 1. The van der Waals surface area contributed by atoms with Gasteiger partial charge in [-0.1, -0.05) is 17.7 Å². The lowest BCUT2D eigenvalue weighted by Gasteiger charge is -2.06. The lowest BCUT2D eigenvalue weighted by molar-refractivity contribution is -0.384. The van der Waals surface area contributed by atoms with E-state index in [0.717, 1.165) is 6.08 Å². The van der Waals surface area contributed by atoms with Gasteiger partial charge in [0.1, 0.15) is 17.3 Å². The molecule has 0 fully saturated rings. The first-order valence-corrected chi connectivity index (χ1v) is 7.05. The van der Waals surface area contributed by atoms with Crippen LogP contribution in [0, 0.1) is 15.9 Å². The van der Waals surface area contributed by atoms with Crippen molar-refractivity contribution < 1.29 is 18.8 Å². The number of carbonyl (C=O) groups excluding carboxylic acids is 1. The van der Waals surface area contributed by atoms with Crippen molar-refractivity contribution in [3.05, 3.63) is 69.0 Å². The molecule has 0 aliphatic rings. The first kappa shape index (κ1) is 17.4. The summed E-state index contributed by atoms with van der Waals surface area (Å²) in [6, 6.07) is 8.13. The minimum Gasteiger partial charge on any atom is -0.496 e. The average Bonchev–Trinajstić information content (AvgIpc) is 2.54. The van der Waals surface area contributed by atoms with Gasteiger partial charge in [0.2, 0.25) is 5.91 Å². The molecule has 1 amide bonds. The molecule has 24 heavy (non-hydrogen) atoms. The minimum atomic E-state index is -0.664. The van der Waals surface area contributed by atoms with Crippen LogP contribution in [-0.2, 0) is 4.79 Å². The average molecular weight is 351 g/mol. The zero-order chi connectivity index (χ0) is 17.7. The summed E-state index contributed by atoms with van der Waals surface area (Å²) >= 11 is 5.85. The van der Waals surface area contributed by atoms with Crippen molar-refractivity contribution in [2.24, 2.45) is 0 Å². The maximum Gasteiger partial charge on any atom is 0.296 e. The van der Waals surface area contributed by atoms with E-state index in [9.17, 15) is 19.3 Å². The van der Waals surface area contributed by atoms with Gasteiger partial charge in [0.25, 0.3) is 5.69 Å². The third-order valence-corrected chi connectivity index (χ3v) is 3.39. The van der Waals surface area contributed by atoms with Crippen LogP contribution in [-0.4, -0.2) is 17.9 Å². The number of nitro benzene ring substituents is 1. The summed E-state index contributed by atoms with van der Waals surface area (Å²) in [7, 11) is 1.37. The molecular weight excluding hydrogens is 339 g/mol. The standard InChI is InChI=1S/C16H12ClFN2O4/c1-24-10-5-7-14(15(9-10)20(22)23)19-16(21)8-6-11-12(17)3-2-4-13(11)18/h2-9H,1H3,(H,19,21).